The number of ether oxygens (including phenoxy) is 2. The van der Waals surface area contributed by atoms with Crippen LogP contribution in [-0.4, -0.2) is 29.9 Å². The fourth-order valence-electron chi connectivity index (χ4n) is 3.23. The minimum Gasteiger partial charge on any atom is -0.487 e. The summed E-state index contributed by atoms with van der Waals surface area (Å²) in [7, 11) is 1.22. The molecule has 1 aromatic heterocycles. The molecule has 2 heterocycles. The Bertz CT molecular complexity index is 1350. The fraction of sp³-hybridized carbons (Fsp3) is 0.125. The van der Waals surface area contributed by atoms with Gasteiger partial charge in [-0.2, -0.15) is 0 Å². The van der Waals surface area contributed by atoms with Crippen LogP contribution in [0.2, 0.25) is 15.1 Å². The number of imide groups is 1. The number of furan rings is 1. The maximum absolute atomic E-state index is 12.8. The van der Waals surface area contributed by atoms with Gasteiger partial charge < -0.3 is 19.2 Å². The van der Waals surface area contributed by atoms with Crippen LogP contribution in [0.25, 0.3) is 6.08 Å². The SMILES string of the molecule is COC(=O)c1ccc(CN2C(=O)N/C(=C\c3ccc(OCc4ccc(Cl)cc4Cl)c(Cl)c3)C2=O)o1. The van der Waals surface area contributed by atoms with Gasteiger partial charge in [-0.05, 0) is 48.0 Å². The van der Waals surface area contributed by atoms with E-state index < -0.39 is 17.9 Å². The lowest BCUT2D eigenvalue weighted by molar-refractivity contribution is -0.123. The lowest BCUT2D eigenvalue weighted by Crippen LogP contribution is -2.30. The summed E-state index contributed by atoms with van der Waals surface area (Å²) in [4.78, 5) is 37.6. The molecule has 1 aliphatic heterocycles. The molecule has 0 spiro atoms. The number of halogens is 3. The maximum atomic E-state index is 12.8. The van der Waals surface area contributed by atoms with Crippen molar-refractivity contribution in [3.63, 3.8) is 0 Å². The molecule has 1 fully saturated rings. The Morgan fingerprint density at radius 3 is 2.57 bits per heavy atom. The van der Waals surface area contributed by atoms with Crippen molar-refractivity contribution in [3.05, 3.63) is 91.9 Å². The second-order valence-corrected chi connectivity index (χ2v) is 8.60. The van der Waals surface area contributed by atoms with Crippen LogP contribution in [-0.2, 0) is 22.7 Å². The van der Waals surface area contributed by atoms with Gasteiger partial charge in [0.2, 0.25) is 5.76 Å². The minimum atomic E-state index is -0.658. The molecule has 1 aliphatic rings. The summed E-state index contributed by atoms with van der Waals surface area (Å²) < 4.78 is 15.7. The van der Waals surface area contributed by atoms with Crippen LogP contribution in [0.3, 0.4) is 0 Å². The molecule has 0 bridgehead atoms. The molecule has 180 valence electrons. The zero-order chi connectivity index (χ0) is 25.1. The van der Waals surface area contributed by atoms with E-state index in [1.165, 1.54) is 25.3 Å². The summed E-state index contributed by atoms with van der Waals surface area (Å²) in [5, 5.41) is 3.83. The summed E-state index contributed by atoms with van der Waals surface area (Å²) >= 11 is 18.4. The van der Waals surface area contributed by atoms with E-state index in [-0.39, 0.29) is 30.4 Å². The molecule has 3 amide bonds. The zero-order valence-electron chi connectivity index (χ0n) is 18.1. The van der Waals surface area contributed by atoms with Gasteiger partial charge in [0.25, 0.3) is 5.91 Å². The van der Waals surface area contributed by atoms with Gasteiger partial charge in [-0.3, -0.25) is 9.69 Å². The molecular formula is C24H17Cl3N2O6. The van der Waals surface area contributed by atoms with Crippen LogP contribution in [0.5, 0.6) is 5.75 Å². The molecule has 2 aromatic carbocycles. The van der Waals surface area contributed by atoms with E-state index in [0.29, 0.717) is 26.4 Å². The average molecular weight is 536 g/mol. The summed E-state index contributed by atoms with van der Waals surface area (Å²) in [6.45, 7) is 0.0317. The predicted molar refractivity (Wildman–Crippen MR) is 129 cm³/mol. The highest BCUT2D eigenvalue weighted by atomic mass is 35.5. The first-order valence-corrected chi connectivity index (χ1v) is 11.3. The quantitative estimate of drug-likeness (QED) is 0.237. The Morgan fingerprint density at radius 1 is 1.06 bits per heavy atom. The number of hydrogen-bond donors (Lipinski definition) is 1. The normalized spacial score (nSPS) is 14.4. The van der Waals surface area contributed by atoms with Gasteiger partial charge in [0.15, 0.2) is 0 Å². The first-order valence-electron chi connectivity index (χ1n) is 10.1. The molecule has 35 heavy (non-hydrogen) atoms. The minimum absolute atomic E-state index is 0.0272. The van der Waals surface area contributed by atoms with Gasteiger partial charge in [0.05, 0.1) is 18.7 Å². The lowest BCUT2D eigenvalue weighted by atomic mass is 10.1. The second kappa shape index (κ2) is 10.4. The number of rotatable bonds is 7. The Labute approximate surface area is 214 Å². The first-order chi connectivity index (χ1) is 16.7. The number of nitrogens with zero attached hydrogens (tertiary/aromatic N) is 1. The van der Waals surface area contributed by atoms with Crippen LogP contribution in [0.1, 0.15) is 27.4 Å². The summed E-state index contributed by atoms with van der Waals surface area (Å²) in [6, 6.07) is 12.3. The van der Waals surface area contributed by atoms with Gasteiger partial charge >= 0.3 is 12.0 Å². The highest BCUT2D eigenvalue weighted by molar-refractivity contribution is 6.35. The molecule has 3 aromatic rings. The fourth-order valence-corrected chi connectivity index (χ4v) is 3.94. The number of methoxy groups -OCH3 is 1. The third kappa shape index (κ3) is 5.62. The lowest BCUT2D eigenvalue weighted by Gasteiger charge is -2.10. The number of nitrogens with one attached hydrogen (secondary N) is 1. The number of carbonyl (C=O) groups excluding carboxylic acids is 3. The zero-order valence-corrected chi connectivity index (χ0v) is 20.4. The molecule has 1 saturated heterocycles. The third-order valence-corrected chi connectivity index (χ3v) is 5.87. The molecule has 0 aliphatic carbocycles. The third-order valence-electron chi connectivity index (χ3n) is 4.99. The maximum Gasteiger partial charge on any atom is 0.373 e. The molecule has 4 rings (SSSR count). The molecule has 0 unspecified atom stereocenters. The van der Waals surface area contributed by atoms with E-state index in [2.05, 4.69) is 10.1 Å². The number of esters is 1. The van der Waals surface area contributed by atoms with Crippen LogP contribution in [0.4, 0.5) is 4.79 Å². The number of benzene rings is 2. The van der Waals surface area contributed by atoms with Crippen molar-refractivity contribution in [1.29, 1.82) is 0 Å². The van der Waals surface area contributed by atoms with Gasteiger partial charge in [-0.1, -0.05) is 46.9 Å². The largest absolute Gasteiger partial charge is 0.487 e. The molecule has 1 N–H and O–H groups in total. The van der Waals surface area contributed by atoms with Crippen molar-refractivity contribution >= 4 is 58.8 Å². The van der Waals surface area contributed by atoms with E-state index >= 15 is 0 Å². The van der Waals surface area contributed by atoms with Crippen molar-refractivity contribution in [2.75, 3.05) is 7.11 Å². The van der Waals surface area contributed by atoms with Gasteiger partial charge in [-0.25, -0.2) is 9.59 Å². The summed E-state index contributed by atoms with van der Waals surface area (Å²) in [5.74, 6) is -0.571. The van der Waals surface area contributed by atoms with Gasteiger partial charge in [0.1, 0.15) is 23.8 Å². The van der Waals surface area contributed by atoms with Crippen molar-refractivity contribution in [2.45, 2.75) is 13.2 Å². The average Bonchev–Trinajstić information content (AvgIpc) is 3.39. The van der Waals surface area contributed by atoms with Crippen molar-refractivity contribution in [3.8, 4) is 5.75 Å². The molecule has 0 radical (unpaired) electrons. The molecule has 0 saturated carbocycles. The smallest absolute Gasteiger partial charge is 0.373 e. The standard InChI is InChI=1S/C24H17Cl3N2O6/c1-33-23(31)21-7-5-16(35-21)11-29-22(30)19(28-24(29)32)9-13-2-6-20(18(27)8-13)34-12-14-3-4-15(25)10-17(14)26/h2-10H,11-12H2,1H3,(H,28,32)/b19-9-. The number of urea groups is 1. The van der Waals surface area contributed by atoms with Crippen LogP contribution in [0, 0.1) is 0 Å². The Hall–Kier alpha value is -3.46. The first kappa shape index (κ1) is 24.7. The second-order valence-electron chi connectivity index (χ2n) is 7.35. The topological polar surface area (TPSA) is 98.1 Å². The van der Waals surface area contributed by atoms with E-state index in [1.807, 2.05) is 0 Å². The highest BCUT2D eigenvalue weighted by Crippen LogP contribution is 2.29. The van der Waals surface area contributed by atoms with Crippen molar-refractivity contribution in [1.82, 2.24) is 10.2 Å². The molecule has 0 atom stereocenters. The molecule has 11 heteroatoms. The summed E-state index contributed by atoms with van der Waals surface area (Å²) in [6.07, 6.45) is 1.49. The van der Waals surface area contributed by atoms with E-state index in [4.69, 9.17) is 44.0 Å². The molecule has 8 nitrogen and oxygen atoms in total. The van der Waals surface area contributed by atoms with Crippen molar-refractivity contribution < 1.29 is 28.3 Å². The number of amides is 3. The highest BCUT2D eigenvalue weighted by Gasteiger charge is 2.34. The Balaban J connectivity index is 1.44. The molecular weight excluding hydrogens is 519 g/mol. The summed E-state index contributed by atoms with van der Waals surface area (Å²) in [5.41, 5.74) is 1.38. The van der Waals surface area contributed by atoms with E-state index in [9.17, 15) is 14.4 Å². The predicted octanol–water partition coefficient (Wildman–Crippen LogP) is 5.70. The Morgan fingerprint density at radius 2 is 1.86 bits per heavy atom. The van der Waals surface area contributed by atoms with E-state index in [0.717, 1.165) is 10.5 Å². The van der Waals surface area contributed by atoms with Crippen LogP contribution in [0.15, 0.2) is 58.6 Å². The van der Waals surface area contributed by atoms with Crippen LogP contribution >= 0.6 is 34.8 Å². The van der Waals surface area contributed by atoms with Gasteiger partial charge in [-0.15, -0.1) is 0 Å². The van der Waals surface area contributed by atoms with E-state index in [1.54, 1.807) is 36.4 Å². The number of hydrogen-bond acceptors (Lipinski definition) is 6. The van der Waals surface area contributed by atoms with Crippen LogP contribution < -0.4 is 10.1 Å². The number of carbonyl (C=O) groups is 3. The monoisotopic (exact) mass is 534 g/mol. The Kier molecular flexibility index (Phi) is 7.35. The van der Waals surface area contributed by atoms with Crippen molar-refractivity contribution in [2.24, 2.45) is 0 Å². The van der Waals surface area contributed by atoms with Gasteiger partial charge in [0, 0.05) is 15.6 Å².